The molecule has 0 aromatic heterocycles. The average molecular weight is 535 g/mol. The van der Waals surface area contributed by atoms with Crippen molar-refractivity contribution in [2.45, 2.75) is 27.4 Å². The summed E-state index contributed by atoms with van der Waals surface area (Å²) in [4.78, 5) is 59.8. The molecule has 38 heavy (non-hydrogen) atoms. The van der Waals surface area contributed by atoms with Crippen molar-refractivity contribution in [2.24, 2.45) is 5.41 Å². The van der Waals surface area contributed by atoms with Crippen LogP contribution in [-0.4, -0.2) is 69.6 Å². The minimum absolute atomic E-state index is 0.0398. The van der Waals surface area contributed by atoms with Gasteiger partial charge in [0.05, 0.1) is 13.1 Å². The van der Waals surface area contributed by atoms with Gasteiger partial charge in [-0.1, -0.05) is 43.5 Å². The van der Waals surface area contributed by atoms with E-state index in [4.69, 9.17) is 23.7 Å². The van der Waals surface area contributed by atoms with Crippen molar-refractivity contribution in [1.82, 2.24) is 10.6 Å². The first-order valence-corrected chi connectivity index (χ1v) is 11.6. The van der Waals surface area contributed by atoms with E-state index in [0.717, 1.165) is 5.56 Å². The van der Waals surface area contributed by atoms with Crippen LogP contribution in [0.15, 0.2) is 54.6 Å². The number of amides is 2. The third-order valence-electron chi connectivity index (χ3n) is 4.66. The number of hydrogen-bond donors (Lipinski definition) is 2. The first-order chi connectivity index (χ1) is 17.9. The molecule has 12 heteroatoms. The van der Waals surface area contributed by atoms with Gasteiger partial charge in [-0.05, 0) is 26.3 Å². The lowest BCUT2D eigenvalue weighted by Gasteiger charge is -2.26. The zero-order valence-electron chi connectivity index (χ0n) is 21.8. The highest BCUT2D eigenvalue weighted by atomic mass is 16.6. The Morgan fingerprint density at radius 2 is 1.18 bits per heavy atom. The summed E-state index contributed by atoms with van der Waals surface area (Å²) in [6.07, 6.45) is -1.77. The largest absolute Gasteiger partial charge is 0.460 e. The molecule has 0 atom stereocenters. The second-order valence-electron chi connectivity index (χ2n) is 8.46. The van der Waals surface area contributed by atoms with Crippen LogP contribution in [0.5, 0.6) is 0 Å². The molecule has 0 aliphatic heterocycles. The van der Waals surface area contributed by atoms with Gasteiger partial charge in [-0.25, -0.2) is 19.2 Å². The van der Waals surface area contributed by atoms with E-state index in [1.807, 2.05) is 6.07 Å². The average Bonchev–Trinajstić information content (AvgIpc) is 2.89. The van der Waals surface area contributed by atoms with Gasteiger partial charge in [-0.15, -0.1) is 0 Å². The fraction of sp³-hybridized carbons (Fsp3) is 0.423. The van der Waals surface area contributed by atoms with E-state index in [0.29, 0.717) is 0 Å². The van der Waals surface area contributed by atoms with Gasteiger partial charge in [0.1, 0.15) is 38.4 Å². The van der Waals surface area contributed by atoms with Crippen LogP contribution in [0.2, 0.25) is 0 Å². The van der Waals surface area contributed by atoms with E-state index in [2.05, 4.69) is 23.8 Å². The molecule has 208 valence electrons. The molecule has 2 amide bonds. The Morgan fingerprint density at radius 1 is 0.737 bits per heavy atom. The first-order valence-electron chi connectivity index (χ1n) is 11.6. The summed E-state index contributed by atoms with van der Waals surface area (Å²) in [6.45, 7) is 9.96. The third-order valence-corrected chi connectivity index (χ3v) is 4.66. The predicted octanol–water partition coefficient (Wildman–Crippen LogP) is 2.43. The second kappa shape index (κ2) is 16.4. The molecule has 0 bridgehead atoms. The summed E-state index contributed by atoms with van der Waals surface area (Å²) >= 11 is 0. The molecule has 1 aromatic rings. The number of esters is 3. The molecule has 12 nitrogen and oxygen atoms in total. The molecule has 1 rings (SSSR count). The van der Waals surface area contributed by atoms with E-state index >= 15 is 0 Å². The molecule has 0 radical (unpaired) electrons. The minimum Gasteiger partial charge on any atom is -0.460 e. The molecule has 0 unspecified atom stereocenters. The summed E-state index contributed by atoms with van der Waals surface area (Å²) in [7, 11) is 0. The van der Waals surface area contributed by atoms with Crippen molar-refractivity contribution in [3.63, 3.8) is 0 Å². The first kappa shape index (κ1) is 31.7. The summed E-state index contributed by atoms with van der Waals surface area (Å²) in [5.41, 5.74) is -0.389. The number of alkyl carbamates (subject to hydrolysis) is 2. The Bertz CT molecular complexity index is 957. The van der Waals surface area contributed by atoms with Crippen molar-refractivity contribution in [1.29, 1.82) is 0 Å². The molecular weight excluding hydrogens is 500 g/mol. The summed E-state index contributed by atoms with van der Waals surface area (Å²) in [6, 6.07) is 8.90. The Kier molecular flexibility index (Phi) is 13.7. The van der Waals surface area contributed by atoms with Gasteiger partial charge in [0, 0.05) is 11.1 Å². The molecule has 0 aliphatic carbocycles. The van der Waals surface area contributed by atoms with Crippen LogP contribution in [0, 0.1) is 5.41 Å². The SMILES string of the molecule is C=C(C)C(=O)OCCNC(=O)OCC(C)(COC(=O)NCCOC(=O)C(=C)C)C(=O)OCc1ccccc1. The summed E-state index contributed by atoms with van der Waals surface area (Å²) in [5, 5.41) is 4.75. The third kappa shape index (κ3) is 12.6. The molecule has 0 saturated heterocycles. The topological polar surface area (TPSA) is 156 Å². The zero-order chi connectivity index (χ0) is 28.6. The summed E-state index contributed by atoms with van der Waals surface area (Å²) in [5.74, 6) is -1.97. The maximum Gasteiger partial charge on any atom is 0.407 e. The van der Waals surface area contributed by atoms with Crippen LogP contribution < -0.4 is 10.6 Å². The molecule has 2 N–H and O–H groups in total. The Morgan fingerprint density at radius 3 is 1.61 bits per heavy atom. The molecule has 0 saturated carbocycles. The lowest BCUT2D eigenvalue weighted by atomic mass is 9.93. The lowest BCUT2D eigenvalue weighted by Crippen LogP contribution is -2.43. The number of hydrogen-bond acceptors (Lipinski definition) is 10. The van der Waals surface area contributed by atoms with Gasteiger partial charge in [0.15, 0.2) is 0 Å². The standard InChI is InChI=1S/C26H34N2O10/c1-18(2)21(29)34-13-11-27-24(32)37-16-26(5,23(31)36-15-20-9-7-6-8-10-20)17-38-25(33)28-12-14-35-22(30)19(3)4/h6-10H,1,3,11-17H2,2,4-5H3,(H,27,32)(H,28,33). The fourth-order valence-electron chi connectivity index (χ4n) is 2.45. The number of carbonyl (C=O) groups excluding carboxylic acids is 5. The second-order valence-corrected chi connectivity index (χ2v) is 8.46. The Hall–Kier alpha value is -4.35. The Balaban J connectivity index is 2.64. The number of ether oxygens (including phenoxy) is 5. The molecule has 0 fully saturated rings. The number of carbonyl (C=O) groups is 5. The monoisotopic (exact) mass is 534 g/mol. The molecule has 0 heterocycles. The molecule has 0 aliphatic rings. The lowest BCUT2D eigenvalue weighted by molar-refractivity contribution is -0.161. The van der Waals surface area contributed by atoms with E-state index in [-0.39, 0.29) is 44.1 Å². The van der Waals surface area contributed by atoms with Gasteiger partial charge in [0.2, 0.25) is 0 Å². The summed E-state index contributed by atoms with van der Waals surface area (Å²) < 4.78 is 25.3. The van der Waals surface area contributed by atoms with Gasteiger partial charge in [-0.2, -0.15) is 0 Å². The van der Waals surface area contributed by atoms with Crippen LogP contribution in [-0.2, 0) is 44.7 Å². The number of nitrogens with one attached hydrogen (secondary N) is 2. The smallest absolute Gasteiger partial charge is 0.407 e. The van der Waals surface area contributed by atoms with Gasteiger partial charge < -0.3 is 34.3 Å². The van der Waals surface area contributed by atoms with Crippen LogP contribution in [0.4, 0.5) is 9.59 Å². The van der Waals surface area contributed by atoms with Crippen molar-refractivity contribution in [3.8, 4) is 0 Å². The van der Waals surface area contributed by atoms with Gasteiger partial charge >= 0.3 is 30.1 Å². The van der Waals surface area contributed by atoms with Crippen molar-refractivity contribution >= 4 is 30.1 Å². The van der Waals surface area contributed by atoms with Gasteiger partial charge in [-0.3, -0.25) is 4.79 Å². The zero-order valence-corrected chi connectivity index (χ0v) is 21.8. The van der Waals surface area contributed by atoms with Crippen molar-refractivity contribution in [2.75, 3.05) is 39.5 Å². The molecular formula is C26H34N2O10. The highest BCUT2D eigenvalue weighted by molar-refractivity contribution is 5.87. The van der Waals surface area contributed by atoms with E-state index in [1.165, 1.54) is 20.8 Å². The maximum atomic E-state index is 12.9. The number of benzene rings is 1. The molecule has 0 spiro atoms. The maximum absolute atomic E-state index is 12.9. The normalized spacial score (nSPS) is 10.4. The van der Waals surface area contributed by atoms with E-state index in [9.17, 15) is 24.0 Å². The fourth-order valence-corrected chi connectivity index (χ4v) is 2.45. The number of rotatable bonds is 15. The molecule has 1 aromatic carbocycles. The predicted molar refractivity (Wildman–Crippen MR) is 135 cm³/mol. The highest BCUT2D eigenvalue weighted by Gasteiger charge is 2.38. The van der Waals surface area contributed by atoms with E-state index < -0.39 is 48.7 Å². The van der Waals surface area contributed by atoms with Crippen LogP contribution in [0.1, 0.15) is 26.3 Å². The van der Waals surface area contributed by atoms with Crippen molar-refractivity contribution in [3.05, 3.63) is 60.2 Å². The minimum atomic E-state index is -1.55. The van der Waals surface area contributed by atoms with Crippen LogP contribution in [0.25, 0.3) is 0 Å². The quantitative estimate of drug-likeness (QED) is 0.148. The highest BCUT2D eigenvalue weighted by Crippen LogP contribution is 2.21. The van der Waals surface area contributed by atoms with E-state index in [1.54, 1.807) is 24.3 Å². The van der Waals surface area contributed by atoms with Crippen molar-refractivity contribution < 1.29 is 47.7 Å². The van der Waals surface area contributed by atoms with Crippen LogP contribution in [0.3, 0.4) is 0 Å². The Labute approximate surface area is 221 Å². The van der Waals surface area contributed by atoms with Gasteiger partial charge in [0.25, 0.3) is 0 Å². The van der Waals surface area contributed by atoms with Crippen LogP contribution >= 0.6 is 0 Å².